The second-order valence-electron chi connectivity index (χ2n) is 4.97. The van der Waals surface area contributed by atoms with E-state index in [1.165, 1.54) is 10.4 Å². The Labute approximate surface area is 130 Å². The van der Waals surface area contributed by atoms with Gasteiger partial charge in [-0.25, -0.2) is 8.42 Å². The number of benzene rings is 1. The van der Waals surface area contributed by atoms with Crippen LogP contribution >= 0.6 is 11.6 Å². The molecule has 0 aliphatic carbocycles. The van der Waals surface area contributed by atoms with Crippen molar-refractivity contribution in [1.29, 1.82) is 0 Å². The first-order chi connectivity index (χ1) is 9.96. The molecule has 7 heteroatoms. The molecule has 0 saturated carbocycles. The first-order valence-corrected chi connectivity index (χ1v) is 8.81. The van der Waals surface area contributed by atoms with E-state index in [-0.39, 0.29) is 15.8 Å². The van der Waals surface area contributed by atoms with Crippen molar-refractivity contribution in [2.75, 3.05) is 26.2 Å². The van der Waals surface area contributed by atoms with Crippen LogP contribution < -0.4 is 0 Å². The minimum absolute atomic E-state index is 0.0901. The zero-order valence-electron chi connectivity index (χ0n) is 12.0. The molecule has 1 heterocycles. The van der Waals surface area contributed by atoms with Crippen molar-refractivity contribution in [3.8, 4) is 0 Å². The van der Waals surface area contributed by atoms with Crippen molar-refractivity contribution in [2.45, 2.75) is 24.7 Å². The van der Waals surface area contributed by atoms with E-state index in [1.807, 2.05) is 6.92 Å². The molecule has 0 N–H and O–H groups in total. The van der Waals surface area contributed by atoms with Crippen LogP contribution in [0.25, 0.3) is 0 Å². The van der Waals surface area contributed by atoms with E-state index < -0.39 is 10.0 Å². The highest BCUT2D eigenvalue weighted by atomic mass is 35.5. The molecule has 2 rings (SSSR count). The summed E-state index contributed by atoms with van der Waals surface area (Å²) in [5.41, 5.74) is 0. The molecule has 0 atom stereocenters. The summed E-state index contributed by atoms with van der Waals surface area (Å²) in [6, 6.07) is 6.42. The smallest absolute Gasteiger partial charge is 0.244 e. The van der Waals surface area contributed by atoms with E-state index >= 15 is 0 Å². The topological polar surface area (TPSA) is 57.7 Å². The van der Waals surface area contributed by atoms with E-state index in [4.69, 9.17) is 11.6 Å². The number of nitrogens with zero attached hydrogens (tertiary/aromatic N) is 2. The number of hydrogen-bond donors (Lipinski definition) is 0. The van der Waals surface area contributed by atoms with Crippen LogP contribution in [0.5, 0.6) is 0 Å². The third-order valence-electron chi connectivity index (χ3n) is 3.51. The summed E-state index contributed by atoms with van der Waals surface area (Å²) in [5.74, 6) is 0.0901. The van der Waals surface area contributed by atoms with E-state index in [0.717, 1.165) is 6.42 Å². The molecule has 5 nitrogen and oxygen atoms in total. The Morgan fingerprint density at radius 1 is 1.19 bits per heavy atom. The van der Waals surface area contributed by atoms with Gasteiger partial charge in [0, 0.05) is 32.6 Å². The van der Waals surface area contributed by atoms with Crippen molar-refractivity contribution in [3.05, 3.63) is 29.3 Å². The van der Waals surface area contributed by atoms with E-state index in [2.05, 4.69) is 0 Å². The second kappa shape index (κ2) is 6.77. The van der Waals surface area contributed by atoms with Crippen molar-refractivity contribution < 1.29 is 13.2 Å². The fourth-order valence-corrected chi connectivity index (χ4v) is 4.26. The van der Waals surface area contributed by atoms with Gasteiger partial charge in [-0.05, 0) is 18.6 Å². The van der Waals surface area contributed by atoms with Gasteiger partial charge in [0.2, 0.25) is 15.9 Å². The number of carbonyl (C=O) groups excluding carboxylic acids is 1. The number of piperazine rings is 1. The summed E-state index contributed by atoms with van der Waals surface area (Å²) in [6.07, 6.45) is 1.31. The number of carbonyl (C=O) groups is 1. The van der Waals surface area contributed by atoms with Crippen molar-refractivity contribution in [3.63, 3.8) is 0 Å². The fourth-order valence-electron chi connectivity index (χ4n) is 2.34. The van der Waals surface area contributed by atoms with Gasteiger partial charge in [-0.1, -0.05) is 30.7 Å². The molecule has 1 saturated heterocycles. The maximum atomic E-state index is 12.5. The molecular formula is C14H19ClN2O3S. The van der Waals surface area contributed by atoms with Crippen LogP contribution in [-0.4, -0.2) is 49.7 Å². The standard InChI is InChI=1S/C14H19ClN2O3S/c1-2-5-14(18)16-8-10-17(11-9-16)21(19,20)13-7-4-3-6-12(13)15/h3-4,6-7H,2,5,8-11H2,1H3. The quantitative estimate of drug-likeness (QED) is 0.848. The lowest BCUT2D eigenvalue weighted by atomic mass is 10.2. The zero-order valence-corrected chi connectivity index (χ0v) is 13.5. The molecule has 1 aliphatic heterocycles. The number of sulfonamides is 1. The highest BCUT2D eigenvalue weighted by Crippen LogP contribution is 2.25. The molecule has 1 fully saturated rings. The molecule has 0 unspecified atom stereocenters. The molecule has 0 aromatic heterocycles. The minimum Gasteiger partial charge on any atom is -0.340 e. The van der Waals surface area contributed by atoms with Crippen molar-refractivity contribution in [2.24, 2.45) is 0 Å². The van der Waals surface area contributed by atoms with Gasteiger partial charge >= 0.3 is 0 Å². The monoisotopic (exact) mass is 330 g/mol. The Kier molecular flexibility index (Phi) is 5.24. The predicted molar refractivity (Wildman–Crippen MR) is 81.7 cm³/mol. The molecule has 1 aliphatic rings. The Bertz CT molecular complexity index is 610. The summed E-state index contributed by atoms with van der Waals surface area (Å²) >= 11 is 5.98. The number of hydrogen-bond acceptors (Lipinski definition) is 3. The first-order valence-electron chi connectivity index (χ1n) is 6.99. The van der Waals surface area contributed by atoms with Crippen LogP contribution in [0.1, 0.15) is 19.8 Å². The highest BCUT2D eigenvalue weighted by molar-refractivity contribution is 7.89. The highest BCUT2D eigenvalue weighted by Gasteiger charge is 2.30. The Morgan fingerprint density at radius 2 is 1.81 bits per heavy atom. The predicted octanol–water partition coefficient (Wildman–Crippen LogP) is 1.97. The number of rotatable bonds is 4. The average molecular weight is 331 g/mol. The zero-order chi connectivity index (χ0) is 15.5. The van der Waals surface area contributed by atoms with Gasteiger partial charge in [0.05, 0.1) is 5.02 Å². The molecule has 0 bridgehead atoms. The van der Waals surface area contributed by atoms with Gasteiger partial charge in [-0.3, -0.25) is 4.79 Å². The lowest BCUT2D eigenvalue weighted by Gasteiger charge is -2.34. The summed E-state index contributed by atoms with van der Waals surface area (Å²) in [5, 5.41) is 0.224. The average Bonchev–Trinajstić information content (AvgIpc) is 2.48. The third kappa shape index (κ3) is 3.56. The SMILES string of the molecule is CCCC(=O)N1CCN(S(=O)(=O)c2ccccc2Cl)CC1. The van der Waals surface area contributed by atoms with Gasteiger partial charge in [0.1, 0.15) is 4.90 Å². The first kappa shape index (κ1) is 16.3. The minimum atomic E-state index is -3.59. The molecule has 0 radical (unpaired) electrons. The fraction of sp³-hybridized carbons (Fsp3) is 0.500. The van der Waals surface area contributed by atoms with Crippen LogP contribution in [0.15, 0.2) is 29.2 Å². The summed E-state index contributed by atoms with van der Waals surface area (Å²) < 4.78 is 26.5. The molecule has 0 spiro atoms. The van der Waals surface area contributed by atoms with E-state index in [0.29, 0.717) is 32.6 Å². The molecular weight excluding hydrogens is 312 g/mol. The largest absolute Gasteiger partial charge is 0.340 e. The Balaban J connectivity index is 2.08. The van der Waals surface area contributed by atoms with Crippen LogP contribution in [-0.2, 0) is 14.8 Å². The summed E-state index contributed by atoms with van der Waals surface area (Å²) in [4.78, 5) is 13.7. The van der Waals surface area contributed by atoms with Crippen molar-refractivity contribution >= 4 is 27.5 Å². The number of halogens is 1. The maximum Gasteiger partial charge on any atom is 0.244 e. The van der Waals surface area contributed by atoms with Gasteiger partial charge in [-0.15, -0.1) is 0 Å². The number of amides is 1. The van der Waals surface area contributed by atoms with Gasteiger partial charge in [0.15, 0.2) is 0 Å². The summed E-state index contributed by atoms with van der Waals surface area (Å²) in [6.45, 7) is 3.44. The summed E-state index contributed by atoms with van der Waals surface area (Å²) in [7, 11) is -3.59. The molecule has 1 amide bonds. The lowest BCUT2D eigenvalue weighted by molar-refractivity contribution is -0.132. The third-order valence-corrected chi connectivity index (χ3v) is 5.91. The maximum absolute atomic E-state index is 12.5. The van der Waals surface area contributed by atoms with Gasteiger partial charge in [0.25, 0.3) is 0 Å². The van der Waals surface area contributed by atoms with Crippen molar-refractivity contribution in [1.82, 2.24) is 9.21 Å². The van der Waals surface area contributed by atoms with Crippen LogP contribution in [0.3, 0.4) is 0 Å². The van der Waals surface area contributed by atoms with Crippen LogP contribution in [0.4, 0.5) is 0 Å². The van der Waals surface area contributed by atoms with Crippen LogP contribution in [0.2, 0.25) is 5.02 Å². The van der Waals surface area contributed by atoms with Gasteiger partial charge in [-0.2, -0.15) is 4.31 Å². The second-order valence-corrected chi connectivity index (χ2v) is 7.28. The van der Waals surface area contributed by atoms with Gasteiger partial charge < -0.3 is 4.90 Å². The lowest BCUT2D eigenvalue weighted by Crippen LogP contribution is -2.50. The van der Waals surface area contributed by atoms with Crippen LogP contribution in [0, 0.1) is 0 Å². The molecule has 21 heavy (non-hydrogen) atoms. The molecule has 1 aromatic rings. The van der Waals surface area contributed by atoms with E-state index in [1.54, 1.807) is 23.1 Å². The van der Waals surface area contributed by atoms with E-state index in [9.17, 15) is 13.2 Å². The molecule has 1 aromatic carbocycles. The Hall–Kier alpha value is -1.11. The Morgan fingerprint density at radius 3 is 2.38 bits per heavy atom. The molecule has 116 valence electrons. The normalized spacial score (nSPS) is 17.0.